The number of methoxy groups -OCH3 is 1. The van der Waals surface area contributed by atoms with Crippen LogP contribution in [0.3, 0.4) is 0 Å². The van der Waals surface area contributed by atoms with E-state index in [1.807, 2.05) is 30.3 Å². The lowest BCUT2D eigenvalue weighted by Crippen LogP contribution is -1.99. The maximum atomic E-state index is 5.87. The zero-order valence-electron chi connectivity index (χ0n) is 12.0. The minimum Gasteiger partial charge on any atom is -0.496 e. The lowest BCUT2D eigenvalue weighted by atomic mass is 10.0. The van der Waals surface area contributed by atoms with E-state index in [-0.39, 0.29) is 0 Å². The molecule has 3 nitrogen and oxygen atoms in total. The van der Waals surface area contributed by atoms with Gasteiger partial charge in [0.25, 0.3) is 0 Å². The maximum absolute atomic E-state index is 5.87. The van der Waals surface area contributed by atoms with E-state index in [9.17, 15) is 0 Å². The van der Waals surface area contributed by atoms with Crippen LogP contribution < -0.4 is 10.1 Å². The molecule has 2 aromatic carbocycles. The van der Waals surface area contributed by atoms with Crippen molar-refractivity contribution in [1.82, 2.24) is 4.98 Å². The minimum absolute atomic E-state index is 0.565. The summed E-state index contributed by atoms with van der Waals surface area (Å²) in [6.45, 7) is 0.691. The van der Waals surface area contributed by atoms with E-state index in [0.717, 1.165) is 27.4 Å². The average Bonchev–Trinajstić information content (AvgIpc) is 2.98. The first-order chi connectivity index (χ1) is 10.8. The van der Waals surface area contributed by atoms with E-state index in [1.54, 1.807) is 13.3 Å². The lowest BCUT2D eigenvalue weighted by molar-refractivity contribution is 0.416. The Hall–Kier alpha value is -2.04. The SMILES string of the molecule is COc1ccccc1-c1ccccc1NCc1cnc(Cl)s1. The quantitative estimate of drug-likeness (QED) is 0.708. The predicted molar refractivity (Wildman–Crippen MR) is 92.9 cm³/mol. The number of para-hydroxylation sites is 2. The van der Waals surface area contributed by atoms with Crippen LogP contribution in [0.1, 0.15) is 4.88 Å². The molecule has 0 aliphatic heterocycles. The van der Waals surface area contributed by atoms with E-state index in [1.165, 1.54) is 11.3 Å². The van der Waals surface area contributed by atoms with Crippen molar-refractivity contribution in [2.24, 2.45) is 0 Å². The first-order valence-electron chi connectivity index (χ1n) is 6.84. The summed E-state index contributed by atoms with van der Waals surface area (Å²) in [4.78, 5) is 5.16. The van der Waals surface area contributed by atoms with Crippen LogP contribution in [0.4, 0.5) is 5.69 Å². The number of benzene rings is 2. The summed E-state index contributed by atoms with van der Waals surface area (Å²) >= 11 is 7.36. The van der Waals surface area contributed by atoms with Gasteiger partial charge in [0.1, 0.15) is 5.75 Å². The number of aromatic nitrogens is 1. The highest BCUT2D eigenvalue weighted by Gasteiger charge is 2.09. The molecule has 3 aromatic rings. The van der Waals surface area contributed by atoms with Crippen LogP contribution in [0, 0.1) is 0 Å². The molecule has 0 aliphatic rings. The zero-order chi connectivity index (χ0) is 15.4. The fourth-order valence-electron chi connectivity index (χ4n) is 2.29. The van der Waals surface area contributed by atoms with Crippen LogP contribution >= 0.6 is 22.9 Å². The van der Waals surface area contributed by atoms with E-state index in [2.05, 4.69) is 28.5 Å². The molecule has 0 bridgehead atoms. The molecule has 0 saturated carbocycles. The number of hydrogen-bond donors (Lipinski definition) is 1. The number of ether oxygens (including phenoxy) is 1. The molecule has 0 amide bonds. The summed E-state index contributed by atoms with van der Waals surface area (Å²) in [5, 5.41) is 3.45. The number of halogens is 1. The number of rotatable bonds is 5. The molecule has 22 heavy (non-hydrogen) atoms. The Balaban J connectivity index is 1.89. The van der Waals surface area contributed by atoms with Gasteiger partial charge in [-0.3, -0.25) is 0 Å². The Labute approximate surface area is 138 Å². The third-order valence-corrected chi connectivity index (χ3v) is 4.42. The highest BCUT2D eigenvalue weighted by Crippen LogP contribution is 2.35. The second-order valence-corrected chi connectivity index (χ2v) is 6.38. The Bertz CT molecular complexity index is 773. The lowest BCUT2D eigenvalue weighted by Gasteiger charge is -2.14. The summed E-state index contributed by atoms with van der Waals surface area (Å²) in [6, 6.07) is 16.2. The zero-order valence-corrected chi connectivity index (χ0v) is 13.6. The smallest absolute Gasteiger partial charge is 0.183 e. The highest BCUT2D eigenvalue weighted by molar-refractivity contribution is 7.15. The van der Waals surface area contributed by atoms with Gasteiger partial charge in [-0.05, 0) is 12.1 Å². The van der Waals surface area contributed by atoms with Crippen molar-refractivity contribution in [3.8, 4) is 16.9 Å². The third-order valence-electron chi connectivity index (χ3n) is 3.30. The molecule has 0 unspecified atom stereocenters. The van der Waals surface area contributed by atoms with Gasteiger partial charge in [-0.25, -0.2) is 4.98 Å². The van der Waals surface area contributed by atoms with Crippen LogP contribution in [0.25, 0.3) is 11.1 Å². The molecule has 1 N–H and O–H groups in total. The first-order valence-corrected chi connectivity index (χ1v) is 8.04. The topological polar surface area (TPSA) is 34.1 Å². The second-order valence-electron chi connectivity index (χ2n) is 4.68. The Morgan fingerprint density at radius 2 is 1.82 bits per heavy atom. The van der Waals surface area contributed by atoms with Crippen molar-refractivity contribution >= 4 is 28.6 Å². The first kappa shape index (κ1) is 14.9. The van der Waals surface area contributed by atoms with Gasteiger partial charge in [0.2, 0.25) is 0 Å². The van der Waals surface area contributed by atoms with Crippen LogP contribution in [-0.2, 0) is 6.54 Å². The van der Waals surface area contributed by atoms with Crippen LogP contribution in [-0.4, -0.2) is 12.1 Å². The van der Waals surface area contributed by atoms with Gasteiger partial charge in [0, 0.05) is 27.9 Å². The number of thiazole rings is 1. The number of nitrogens with one attached hydrogen (secondary N) is 1. The van der Waals surface area contributed by atoms with Crippen LogP contribution in [0.2, 0.25) is 4.47 Å². The molecule has 1 aromatic heterocycles. The molecule has 0 saturated heterocycles. The molecule has 112 valence electrons. The van der Waals surface area contributed by atoms with Crippen LogP contribution in [0.15, 0.2) is 54.7 Å². The van der Waals surface area contributed by atoms with Gasteiger partial charge < -0.3 is 10.1 Å². The molecular formula is C17H15ClN2OS. The van der Waals surface area contributed by atoms with Gasteiger partial charge in [-0.2, -0.15) is 0 Å². The molecule has 1 heterocycles. The molecule has 3 rings (SSSR count). The van der Waals surface area contributed by atoms with Gasteiger partial charge in [0.15, 0.2) is 4.47 Å². The minimum atomic E-state index is 0.565. The van der Waals surface area contributed by atoms with Crippen molar-refractivity contribution in [3.05, 3.63) is 64.1 Å². The molecule has 0 fully saturated rings. The van der Waals surface area contributed by atoms with E-state index >= 15 is 0 Å². The predicted octanol–water partition coefficient (Wildman–Crippen LogP) is 5.08. The highest BCUT2D eigenvalue weighted by atomic mass is 35.5. The maximum Gasteiger partial charge on any atom is 0.183 e. The number of nitrogens with zero attached hydrogens (tertiary/aromatic N) is 1. The fraction of sp³-hybridized carbons (Fsp3) is 0.118. The Kier molecular flexibility index (Phi) is 4.61. The average molecular weight is 331 g/mol. The molecule has 5 heteroatoms. The standard InChI is InChI=1S/C17H15ClN2OS/c1-21-16-9-5-3-7-14(16)13-6-2-4-8-15(13)19-10-12-11-20-17(18)22-12/h2-9,11,19H,10H2,1H3. The van der Waals surface area contributed by atoms with Gasteiger partial charge in [-0.15, -0.1) is 11.3 Å². The largest absolute Gasteiger partial charge is 0.496 e. The monoisotopic (exact) mass is 330 g/mol. The number of hydrogen-bond acceptors (Lipinski definition) is 4. The normalized spacial score (nSPS) is 10.5. The van der Waals surface area contributed by atoms with E-state index in [4.69, 9.17) is 16.3 Å². The summed E-state index contributed by atoms with van der Waals surface area (Å²) in [5.41, 5.74) is 3.22. The van der Waals surface area contributed by atoms with Crippen molar-refractivity contribution in [1.29, 1.82) is 0 Å². The molecule has 0 radical (unpaired) electrons. The fourth-order valence-corrected chi connectivity index (χ4v) is 3.20. The van der Waals surface area contributed by atoms with Crippen molar-refractivity contribution in [3.63, 3.8) is 0 Å². The van der Waals surface area contributed by atoms with Crippen molar-refractivity contribution in [2.45, 2.75) is 6.54 Å². The van der Waals surface area contributed by atoms with Crippen molar-refractivity contribution < 1.29 is 4.74 Å². The Morgan fingerprint density at radius 3 is 2.55 bits per heavy atom. The van der Waals surface area contributed by atoms with E-state index < -0.39 is 0 Å². The van der Waals surface area contributed by atoms with Gasteiger partial charge >= 0.3 is 0 Å². The molecule has 0 spiro atoms. The van der Waals surface area contributed by atoms with Crippen LogP contribution in [0.5, 0.6) is 5.75 Å². The Morgan fingerprint density at radius 1 is 1.09 bits per heavy atom. The molecule has 0 aliphatic carbocycles. The molecular weight excluding hydrogens is 316 g/mol. The third kappa shape index (κ3) is 3.24. The molecule has 0 atom stereocenters. The number of anilines is 1. The van der Waals surface area contributed by atoms with Gasteiger partial charge in [-0.1, -0.05) is 48.0 Å². The summed E-state index contributed by atoms with van der Waals surface area (Å²) in [6.07, 6.45) is 1.80. The van der Waals surface area contributed by atoms with Crippen molar-refractivity contribution in [2.75, 3.05) is 12.4 Å². The van der Waals surface area contributed by atoms with E-state index in [0.29, 0.717) is 11.0 Å². The summed E-state index contributed by atoms with van der Waals surface area (Å²) < 4.78 is 6.03. The summed E-state index contributed by atoms with van der Waals surface area (Å²) in [5.74, 6) is 0.859. The summed E-state index contributed by atoms with van der Waals surface area (Å²) in [7, 11) is 1.69. The second kappa shape index (κ2) is 6.81. The van der Waals surface area contributed by atoms with Gasteiger partial charge in [0.05, 0.1) is 13.7 Å².